The highest BCUT2D eigenvalue weighted by Crippen LogP contribution is 2.14. The Morgan fingerprint density at radius 2 is 2.04 bits per heavy atom. The molecule has 5 nitrogen and oxygen atoms in total. The van der Waals surface area contributed by atoms with Crippen LogP contribution in [0.15, 0.2) is 47.4 Å². The SMILES string of the molecule is Cl.O=C(CCC1CCNC1)Nc1cccn(Cc2ccc(F)cc2)c1=O. The van der Waals surface area contributed by atoms with Gasteiger partial charge in [0, 0.05) is 12.6 Å². The van der Waals surface area contributed by atoms with Gasteiger partial charge in [0.25, 0.3) is 5.56 Å². The molecule has 0 saturated carbocycles. The summed E-state index contributed by atoms with van der Waals surface area (Å²) >= 11 is 0. The van der Waals surface area contributed by atoms with E-state index in [0.29, 0.717) is 18.9 Å². The molecule has 2 heterocycles. The number of pyridine rings is 1. The lowest BCUT2D eigenvalue weighted by atomic mass is 10.0. The highest BCUT2D eigenvalue weighted by atomic mass is 35.5. The van der Waals surface area contributed by atoms with Crippen molar-refractivity contribution in [1.29, 1.82) is 0 Å². The van der Waals surface area contributed by atoms with Crippen LogP contribution in [0.5, 0.6) is 0 Å². The molecule has 7 heteroatoms. The summed E-state index contributed by atoms with van der Waals surface area (Å²) in [5.74, 6) is 0.0924. The van der Waals surface area contributed by atoms with E-state index in [1.165, 1.54) is 16.7 Å². The number of aromatic nitrogens is 1. The second-order valence-electron chi connectivity index (χ2n) is 6.43. The predicted octanol–water partition coefficient (Wildman–Crippen LogP) is 2.79. The molecule has 3 rings (SSSR count). The van der Waals surface area contributed by atoms with Crippen LogP contribution < -0.4 is 16.2 Å². The van der Waals surface area contributed by atoms with Gasteiger partial charge in [-0.3, -0.25) is 9.59 Å². The van der Waals surface area contributed by atoms with E-state index in [2.05, 4.69) is 10.6 Å². The Morgan fingerprint density at radius 1 is 1.27 bits per heavy atom. The first-order valence-corrected chi connectivity index (χ1v) is 8.56. The molecule has 0 spiro atoms. The monoisotopic (exact) mass is 379 g/mol. The van der Waals surface area contributed by atoms with Gasteiger partial charge in [0.05, 0.1) is 6.54 Å². The molecule has 1 atom stereocenters. The van der Waals surface area contributed by atoms with Crippen molar-refractivity contribution in [3.05, 3.63) is 64.3 Å². The van der Waals surface area contributed by atoms with Gasteiger partial charge in [0.1, 0.15) is 11.5 Å². The summed E-state index contributed by atoms with van der Waals surface area (Å²) in [6.45, 7) is 2.30. The van der Waals surface area contributed by atoms with Gasteiger partial charge in [-0.15, -0.1) is 12.4 Å². The molecule has 140 valence electrons. The number of amides is 1. The van der Waals surface area contributed by atoms with Gasteiger partial charge in [0.2, 0.25) is 5.91 Å². The average Bonchev–Trinajstić information content (AvgIpc) is 3.12. The number of carbonyl (C=O) groups excluding carboxylic acids is 1. The number of hydrogen-bond donors (Lipinski definition) is 2. The zero-order valence-corrected chi connectivity index (χ0v) is 15.2. The summed E-state index contributed by atoms with van der Waals surface area (Å²) < 4.78 is 14.5. The van der Waals surface area contributed by atoms with E-state index in [0.717, 1.165) is 31.5 Å². The Hall–Kier alpha value is -2.18. The van der Waals surface area contributed by atoms with Crippen molar-refractivity contribution in [3.8, 4) is 0 Å². The lowest BCUT2D eigenvalue weighted by Gasteiger charge is -2.11. The molecule has 1 fully saturated rings. The number of halogens is 2. The molecule has 1 amide bonds. The zero-order chi connectivity index (χ0) is 17.6. The first-order chi connectivity index (χ1) is 12.1. The highest BCUT2D eigenvalue weighted by molar-refractivity contribution is 5.90. The topological polar surface area (TPSA) is 63.1 Å². The standard InChI is InChI=1S/C19H22FN3O2.ClH/c20-16-6-3-15(4-7-16)13-23-11-1-2-17(19(23)25)22-18(24)8-5-14-9-10-21-12-14;/h1-4,6-7,11,14,21H,5,8-10,12-13H2,(H,22,24);1H. The zero-order valence-electron chi connectivity index (χ0n) is 14.4. The maximum Gasteiger partial charge on any atom is 0.274 e. The Kier molecular flexibility index (Phi) is 7.36. The minimum Gasteiger partial charge on any atom is -0.321 e. The van der Waals surface area contributed by atoms with Gasteiger partial charge in [-0.1, -0.05) is 12.1 Å². The molecule has 2 aromatic rings. The molecular weight excluding hydrogens is 357 g/mol. The minimum atomic E-state index is -0.311. The number of benzene rings is 1. The first-order valence-electron chi connectivity index (χ1n) is 8.56. The summed E-state index contributed by atoms with van der Waals surface area (Å²) in [5.41, 5.74) is 0.836. The van der Waals surface area contributed by atoms with E-state index >= 15 is 0 Å². The molecule has 1 aromatic carbocycles. The third kappa shape index (κ3) is 5.41. The van der Waals surface area contributed by atoms with Gasteiger partial charge >= 0.3 is 0 Å². The number of nitrogens with one attached hydrogen (secondary N) is 2. The fourth-order valence-corrected chi connectivity index (χ4v) is 3.05. The minimum absolute atomic E-state index is 0. The first kappa shape index (κ1) is 20.1. The highest BCUT2D eigenvalue weighted by Gasteiger charge is 2.16. The van der Waals surface area contributed by atoms with Gasteiger partial charge < -0.3 is 15.2 Å². The fourth-order valence-electron chi connectivity index (χ4n) is 3.05. The third-order valence-electron chi connectivity index (χ3n) is 4.50. The average molecular weight is 380 g/mol. The largest absolute Gasteiger partial charge is 0.321 e. The number of anilines is 1. The number of carbonyl (C=O) groups is 1. The maximum absolute atomic E-state index is 13.0. The van der Waals surface area contributed by atoms with Crippen LogP contribution in [-0.4, -0.2) is 23.6 Å². The third-order valence-corrected chi connectivity index (χ3v) is 4.50. The van der Waals surface area contributed by atoms with Crippen LogP contribution in [0.2, 0.25) is 0 Å². The summed E-state index contributed by atoms with van der Waals surface area (Å²) in [6, 6.07) is 9.35. The number of nitrogens with zero attached hydrogens (tertiary/aromatic N) is 1. The number of rotatable bonds is 6. The molecule has 0 aliphatic carbocycles. The molecule has 1 aliphatic heterocycles. The molecule has 1 aliphatic rings. The predicted molar refractivity (Wildman–Crippen MR) is 102 cm³/mol. The molecule has 0 radical (unpaired) electrons. The summed E-state index contributed by atoms with van der Waals surface area (Å²) in [7, 11) is 0. The second kappa shape index (κ2) is 9.50. The van der Waals surface area contributed by atoms with E-state index in [-0.39, 0.29) is 35.4 Å². The van der Waals surface area contributed by atoms with Gasteiger partial charge in [0.15, 0.2) is 0 Å². The van der Waals surface area contributed by atoms with E-state index in [4.69, 9.17) is 0 Å². The van der Waals surface area contributed by atoms with Gasteiger partial charge in [-0.25, -0.2) is 4.39 Å². The summed E-state index contributed by atoms with van der Waals surface area (Å²) in [6.07, 6.45) is 4.00. The quantitative estimate of drug-likeness (QED) is 0.811. The van der Waals surface area contributed by atoms with Crippen LogP contribution in [0, 0.1) is 11.7 Å². The molecular formula is C19H23ClFN3O2. The molecule has 1 saturated heterocycles. The molecule has 26 heavy (non-hydrogen) atoms. The summed E-state index contributed by atoms with van der Waals surface area (Å²) in [4.78, 5) is 24.6. The normalized spacial score (nSPS) is 16.1. The van der Waals surface area contributed by atoms with Crippen molar-refractivity contribution >= 4 is 24.0 Å². The fraction of sp³-hybridized carbons (Fsp3) is 0.368. The summed E-state index contributed by atoms with van der Waals surface area (Å²) in [5, 5.41) is 6.00. The van der Waals surface area contributed by atoms with Crippen molar-refractivity contribution < 1.29 is 9.18 Å². The Balaban J connectivity index is 0.00000243. The molecule has 1 unspecified atom stereocenters. The molecule has 0 bridgehead atoms. The van der Waals surface area contributed by atoms with Crippen LogP contribution in [0.1, 0.15) is 24.8 Å². The smallest absolute Gasteiger partial charge is 0.274 e. The van der Waals surface area contributed by atoms with Crippen molar-refractivity contribution in [2.24, 2.45) is 5.92 Å². The van der Waals surface area contributed by atoms with Crippen molar-refractivity contribution in [2.45, 2.75) is 25.8 Å². The van der Waals surface area contributed by atoms with E-state index in [1.54, 1.807) is 30.5 Å². The maximum atomic E-state index is 13.0. The Morgan fingerprint density at radius 3 is 2.73 bits per heavy atom. The van der Waals surface area contributed by atoms with Crippen molar-refractivity contribution in [2.75, 3.05) is 18.4 Å². The van der Waals surface area contributed by atoms with Gasteiger partial charge in [-0.2, -0.15) is 0 Å². The Bertz CT molecular complexity index is 786. The number of hydrogen-bond acceptors (Lipinski definition) is 3. The van der Waals surface area contributed by atoms with Crippen LogP contribution in [-0.2, 0) is 11.3 Å². The van der Waals surface area contributed by atoms with Crippen LogP contribution >= 0.6 is 12.4 Å². The van der Waals surface area contributed by atoms with Crippen LogP contribution in [0.25, 0.3) is 0 Å². The van der Waals surface area contributed by atoms with E-state index in [9.17, 15) is 14.0 Å². The van der Waals surface area contributed by atoms with Crippen molar-refractivity contribution in [1.82, 2.24) is 9.88 Å². The van der Waals surface area contributed by atoms with Crippen LogP contribution in [0.4, 0.5) is 10.1 Å². The molecule has 2 N–H and O–H groups in total. The second-order valence-corrected chi connectivity index (χ2v) is 6.43. The Labute approximate surface area is 158 Å². The van der Waals surface area contributed by atoms with E-state index in [1.807, 2.05) is 0 Å². The molecule has 1 aromatic heterocycles. The van der Waals surface area contributed by atoms with E-state index < -0.39 is 0 Å². The lowest BCUT2D eigenvalue weighted by molar-refractivity contribution is -0.116. The van der Waals surface area contributed by atoms with Crippen molar-refractivity contribution in [3.63, 3.8) is 0 Å². The van der Waals surface area contributed by atoms with Crippen LogP contribution in [0.3, 0.4) is 0 Å². The lowest BCUT2D eigenvalue weighted by Crippen LogP contribution is -2.26. The van der Waals surface area contributed by atoms with Gasteiger partial charge in [-0.05, 0) is 61.7 Å².